The van der Waals surface area contributed by atoms with Gasteiger partial charge in [0.05, 0.1) is 17.6 Å². The van der Waals surface area contributed by atoms with Gasteiger partial charge in [0.1, 0.15) is 0 Å². The van der Waals surface area contributed by atoms with E-state index >= 15 is 0 Å². The maximum absolute atomic E-state index is 4.93. The molecule has 0 saturated heterocycles. The molecule has 0 bridgehead atoms. The lowest BCUT2D eigenvalue weighted by Crippen LogP contribution is -2.28. The second-order valence-corrected chi connectivity index (χ2v) is 8.69. The Labute approximate surface area is 166 Å². The van der Waals surface area contributed by atoms with Crippen molar-refractivity contribution in [2.24, 2.45) is 10.9 Å². The van der Waals surface area contributed by atoms with Crippen molar-refractivity contribution in [3.05, 3.63) is 63.4 Å². The summed E-state index contributed by atoms with van der Waals surface area (Å²) in [5, 5.41) is 2.25. The number of benzene rings is 1. The highest BCUT2D eigenvalue weighted by Crippen LogP contribution is 2.36. The minimum Gasteiger partial charge on any atom is -0.313 e. The molecule has 1 fully saturated rings. The lowest BCUT2D eigenvalue weighted by molar-refractivity contribution is 0.255. The zero-order valence-corrected chi connectivity index (χ0v) is 17.2. The molecule has 0 spiro atoms. The average molecular weight is 428 g/mol. The van der Waals surface area contributed by atoms with Crippen LogP contribution in [0.3, 0.4) is 0 Å². The summed E-state index contributed by atoms with van der Waals surface area (Å²) in [7, 11) is 0. The molecule has 1 aromatic carbocycles. The predicted molar refractivity (Wildman–Crippen MR) is 112 cm³/mol. The van der Waals surface area contributed by atoms with E-state index in [-0.39, 0.29) is 0 Å². The van der Waals surface area contributed by atoms with E-state index in [9.17, 15) is 0 Å². The number of halogens is 1. The lowest BCUT2D eigenvalue weighted by Gasteiger charge is -2.31. The summed E-state index contributed by atoms with van der Waals surface area (Å²) >= 11 is 5.34. The number of hydrogen-bond acceptors (Lipinski definition) is 3. The van der Waals surface area contributed by atoms with Crippen molar-refractivity contribution in [3.8, 4) is 11.3 Å². The van der Waals surface area contributed by atoms with Gasteiger partial charge in [0.15, 0.2) is 4.80 Å². The first kappa shape index (κ1) is 17.7. The van der Waals surface area contributed by atoms with Crippen LogP contribution in [0.2, 0.25) is 0 Å². The molecule has 4 rings (SSSR count). The summed E-state index contributed by atoms with van der Waals surface area (Å²) < 4.78 is 3.58. The van der Waals surface area contributed by atoms with Gasteiger partial charge < -0.3 is 4.57 Å². The molecule has 2 atom stereocenters. The van der Waals surface area contributed by atoms with Crippen LogP contribution in [0.25, 0.3) is 11.3 Å². The largest absolute Gasteiger partial charge is 0.313 e. The zero-order chi connectivity index (χ0) is 17.9. The van der Waals surface area contributed by atoms with E-state index in [1.54, 1.807) is 17.5 Å². The van der Waals surface area contributed by atoms with E-state index in [2.05, 4.69) is 62.1 Å². The molecule has 3 aromatic rings. The van der Waals surface area contributed by atoms with E-state index in [0.717, 1.165) is 15.0 Å². The zero-order valence-electron chi connectivity index (χ0n) is 14.8. The molecule has 3 nitrogen and oxygen atoms in total. The Morgan fingerprint density at radius 1 is 1.19 bits per heavy atom. The van der Waals surface area contributed by atoms with E-state index < -0.39 is 0 Å². The molecule has 2 heterocycles. The smallest absolute Gasteiger partial charge is 0.190 e. The van der Waals surface area contributed by atoms with Gasteiger partial charge >= 0.3 is 0 Å². The Kier molecular flexibility index (Phi) is 5.36. The molecule has 2 unspecified atom stereocenters. The SMILES string of the molecule is CC1CCCCC1n1c(-c2cccc(Br)c2)csc1=Nc1cccnc1. The standard InChI is InChI=1S/C21H22BrN3S/c1-15-6-2-3-10-19(15)25-20(16-7-4-8-17(22)12-16)14-26-21(25)24-18-9-5-11-23-13-18/h4-5,7-9,11-15,19H,2-3,6,10H2,1H3. The Morgan fingerprint density at radius 3 is 2.85 bits per heavy atom. The minimum absolute atomic E-state index is 0.499. The first-order chi connectivity index (χ1) is 12.7. The number of hydrogen-bond donors (Lipinski definition) is 0. The van der Waals surface area contributed by atoms with Gasteiger partial charge in [-0.15, -0.1) is 11.3 Å². The third-order valence-corrected chi connectivity index (χ3v) is 6.46. The first-order valence-electron chi connectivity index (χ1n) is 9.13. The molecule has 26 heavy (non-hydrogen) atoms. The molecular formula is C21H22BrN3S. The second-order valence-electron chi connectivity index (χ2n) is 6.94. The molecule has 1 aliphatic carbocycles. The topological polar surface area (TPSA) is 30.2 Å². The molecule has 1 aliphatic rings. The van der Waals surface area contributed by atoms with Crippen LogP contribution in [-0.2, 0) is 0 Å². The van der Waals surface area contributed by atoms with Crippen molar-refractivity contribution in [2.75, 3.05) is 0 Å². The Morgan fingerprint density at radius 2 is 2.08 bits per heavy atom. The number of thiazole rings is 1. The highest BCUT2D eigenvalue weighted by molar-refractivity contribution is 9.10. The fraction of sp³-hybridized carbons (Fsp3) is 0.333. The first-order valence-corrected chi connectivity index (χ1v) is 10.8. The van der Waals surface area contributed by atoms with Gasteiger partial charge in [-0.25, -0.2) is 4.99 Å². The van der Waals surface area contributed by atoms with E-state index in [0.29, 0.717) is 12.0 Å². The normalized spacial score (nSPS) is 21.1. The molecule has 2 aromatic heterocycles. The highest BCUT2D eigenvalue weighted by Gasteiger charge is 2.26. The predicted octanol–water partition coefficient (Wildman–Crippen LogP) is 6.36. The Balaban J connectivity index is 1.89. The average Bonchev–Trinajstić information content (AvgIpc) is 3.06. The van der Waals surface area contributed by atoms with Crippen molar-refractivity contribution >= 4 is 33.0 Å². The molecule has 0 N–H and O–H groups in total. The van der Waals surface area contributed by atoms with E-state index in [4.69, 9.17) is 4.99 Å². The van der Waals surface area contributed by atoms with Gasteiger partial charge in [0.2, 0.25) is 0 Å². The monoisotopic (exact) mass is 427 g/mol. The van der Waals surface area contributed by atoms with E-state index in [1.807, 2.05) is 18.3 Å². The number of pyridine rings is 1. The van der Waals surface area contributed by atoms with Crippen LogP contribution in [0.15, 0.2) is 63.6 Å². The number of aromatic nitrogens is 2. The van der Waals surface area contributed by atoms with Crippen LogP contribution >= 0.6 is 27.3 Å². The van der Waals surface area contributed by atoms with Gasteiger partial charge in [-0.3, -0.25) is 4.98 Å². The van der Waals surface area contributed by atoms with Crippen molar-refractivity contribution < 1.29 is 0 Å². The Bertz CT molecular complexity index is 945. The lowest BCUT2D eigenvalue weighted by atomic mass is 9.85. The summed E-state index contributed by atoms with van der Waals surface area (Å²) in [6.45, 7) is 2.38. The molecule has 1 saturated carbocycles. The van der Waals surface area contributed by atoms with Gasteiger partial charge in [-0.2, -0.15) is 0 Å². The van der Waals surface area contributed by atoms with Crippen LogP contribution < -0.4 is 4.80 Å². The van der Waals surface area contributed by atoms with Crippen LogP contribution in [0, 0.1) is 5.92 Å². The van der Waals surface area contributed by atoms with Gasteiger partial charge in [-0.1, -0.05) is 47.8 Å². The number of nitrogens with zero attached hydrogens (tertiary/aromatic N) is 3. The summed E-state index contributed by atoms with van der Waals surface area (Å²) in [4.78, 5) is 10.2. The van der Waals surface area contributed by atoms with Crippen LogP contribution in [0.4, 0.5) is 5.69 Å². The summed E-state index contributed by atoms with van der Waals surface area (Å²) in [5.41, 5.74) is 3.41. The maximum atomic E-state index is 4.93. The summed E-state index contributed by atoms with van der Waals surface area (Å²) in [6, 6.07) is 13.0. The molecule has 0 radical (unpaired) electrons. The highest BCUT2D eigenvalue weighted by atomic mass is 79.9. The summed E-state index contributed by atoms with van der Waals surface area (Å²) in [6.07, 6.45) is 8.76. The van der Waals surface area contributed by atoms with Crippen LogP contribution in [0.5, 0.6) is 0 Å². The fourth-order valence-corrected chi connectivity index (χ4v) is 5.16. The van der Waals surface area contributed by atoms with Crippen molar-refractivity contribution in [1.82, 2.24) is 9.55 Å². The molecular weight excluding hydrogens is 406 g/mol. The maximum Gasteiger partial charge on any atom is 0.190 e. The van der Waals surface area contributed by atoms with Gasteiger partial charge in [0.25, 0.3) is 0 Å². The third-order valence-electron chi connectivity index (χ3n) is 5.13. The number of rotatable bonds is 3. The fourth-order valence-electron chi connectivity index (χ4n) is 3.79. The molecule has 134 valence electrons. The Hall–Kier alpha value is -1.72. The summed E-state index contributed by atoms with van der Waals surface area (Å²) in [5.74, 6) is 0.664. The van der Waals surface area contributed by atoms with Crippen molar-refractivity contribution in [1.29, 1.82) is 0 Å². The van der Waals surface area contributed by atoms with Gasteiger partial charge in [-0.05, 0) is 43.0 Å². The second kappa shape index (κ2) is 7.89. The van der Waals surface area contributed by atoms with Crippen molar-refractivity contribution in [3.63, 3.8) is 0 Å². The molecule has 0 aliphatic heterocycles. The van der Waals surface area contributed by atoms with Gasteiger partial charge in [0, 0.05) is 27.7 Å². The molecule has 0 amide bonds. The van der Waals surface area contributed by atoms with Crippen LogP contribution in [0.1, 0.15) is 38.6 Å². The van der Waals surface area contributed by atoms with Crippen LogP contribution in [-0.4, -0.2) is 9.55 Å². The van der Waals surface area contributed by atoms with E-state index in [1.165, 1.54) is 36.9 Å². The molecule has 5 heteroatoms. The quantitative estimate of drug-likeness (QED) is 0.478. The van der Waals surface area contributed by atoms with Crippen molar-refractivity contribution in [2.45, 2.75) is 38.6 Å². The third kappa shape index (κ3) is 3.69. The minimum atomic E-state index is 0.499.